The number of aryl methyl sites for hydroxylation is 1. The molecule has 2 rings (SSSR count). The molecule has 0 aromatic heterocycles. The van der Waals surface area contributed by atoms with E-state index in [2.05, 4.69) is 34.4 Å². The van der Waals surface area contributed by atoms with Crippen molar-refractivity contribution in [2.75, 3.05) is 32.4 Å². The van der Waals surface area contributed by atoms with E-state index in [1.54, 1.807) is 6.07 Å². The summed E-state index contributed by atoms with van der Waals surface area (Å²) < 4.78 is 23.5. The van der Waals surface area contributed by atoms with E-state index in [1.165, 1.54) is 32.1 Å². The lowest BCUT2D eigenvalue weighted by Gasteiger charge is -2.33. The van der Waals surface area contributed by atoms with Gasteiger partial charge in [0.25, 0.3) is 0 Å². The molecule has 1 atom stereocenters. The van der Waals surface area contributed by atoms with Crippen molar-refractivity contribution in [2.45, 2.75) is 63.9 Å². The maximum absolute atomic E-state index is 11.7. The zero-order valence-electron chi connectivity index (χ0n) is 18.2. The molecule has 1 aliphatic heterocycles. The Morgan fingerprint density at radius 2 is 2.03 bits per heavy atom. The van der Waals surface area contributed by atoms with Crippen molar-refractivity contribution in [3.05, 3.63) is 29.3 Å². The predicted octanol–water partition coefficient (Wildman–Crippen LogP) is 3.34. The van der Waals surface area contributed by atoms with Crippen molar-refractivity contribution in [1.29, 1.82) is 0 Å². The molecule has 6 nitrogen and oxygen atoms in total. The van der Waals surface area contributed by atoms with Crippen LogP contribution in [0.15, 0.2) is 28.1 Å². The highest BCUT2D eigenvalue weighted by Gasteiger charge is 2.17. The zero-order valence-corrected chi connectivity index (χ0v) is 21.3. The monoisotopic (exact) mass is 536 g/mol. The van der Waals surface area contributed by atoms with Crippen LogP contribution in [0.4, 0.5) is 0 Å². The number of piperidine rings is 1. The second-order valence-corrected chi connectivity index (χ2v) is 9.71. The Labute approximate surface area is 193 Å². The molecule has 1 aromatic carbocycles. The van der Waals surface area contributed by atoms with Gasteiger partial charge in [-0.3, -0.25) is 0 Å². The average molecular weight is 537 g/mol. The van der Waals surface area contributed by atoms with E-state index >= 15 is 0 Å². The van der Waals surface area contributed by atoms with E-state index in [4.69, 9.17) is 0 Å². The normalized spacial score (nSPS) is 18.2. The topological polar surface area (TPSA) is 73.8 Å². The van der Waals surface area contributed by atoms with Crippen LogP contribution in [-0.2, 0) is 16.4 Å². The molecule has 166 valence electrons. The fourth-order valence-corrected chi connectivity index (χ4v) is 4.68. The molecule has 29 heavy (non-hydrogen) atoms. The number of guanidine groups is 1. The number of hydrogen-bond acceptors (Lipinski definition) is 4. The molecular weight excluding hydrogens is 499 g/mol. The highest BCUT2D eigenvalue weighted by Crippen LogP contribution is 2.17. The third-order valence-electron chi connectivity index (χ3n) is 5.26. The molecule has 0 radical (unpaired) electrons. The first kappa shape index (κ1) is 26.2. The molecule has 1 heterocycles. The van der Waals surface area contributed by atoms with Crippen LogP contribution in [0.5, 0.6) is 0 Å². The lowest BCUT2D eigenvalue weighted by atomic mass is 10.0. The van der Waals surface area contributed by atoms with Gasteiger partial charge in [-0.05, 0) is 63.8 Å². The zero-order chi connectivity index (χ0) is 20.6. The summed E-state index contributed by atoms with van der Waals surface area (Å²) in [5.74, 6) is 0.805. The number of benzene rings is 1. The number of hydrogen-bond donors (Lipinski definition) is 2. The Bertz CT molecular complexity index is 768. The fourth-order valence-electron chi connectivity index (χ4n) is 3.72. The van der Waals surface area contributed by atoms with E-state index in [9.17, 15) is 8.42 Å². The van der Waals surface area contributed by atoms with Crippen LogP contribution in [-0.4, -0.2) is 57.8 Å². The summed E-state index contributed by atoms with van der Waals surface area (Å²) >= 11 is 0. The standard InChI is InChI=1S/C21H36N4O2S.HI/c1-5-22-21(23-12-8-14-25-13-7-6-9-18(25)3)24-16-19-10-11-20(17(2)15-19)28(4,26)27;/h10-11,15,18H,5-9,12-14,16H2,1-4H3,(H2,22,23,24);1H. The largest absolute Gasteiger partial charge is 0.357 e. The molecule has 8 heteroatoms. The van der Waals surface area contributed by atoms with Gasteiger partial charge in [0.15, 0.2) is 15.8 Å². The second kappa shape index (κ2) is 12.7. The third-order valence-corrected chi connectivity index (χ3v) is 6.51. The molecule has 0 bridgehead atoms. The molecule has 0 spiro atoms. The van der Waals surface area contributed by atoms with E-state index in [-0.39, 0.29) is 24.0 Å². The summed E-state index contributed by atoms with van der Waals surface area (Å²) in [6.45, 7) is 10.8. The summed E-state index contributed by atoms with van der Waals surface area (Å²) in [6, 6.07) is 6.12. The summed E-state index contributed by atoms with van der Waals surface area (Å²) in [7, 11) is -3.18. The highest BCUT2D eigenvalue weighted by atomic mass is 127. The molecular formula is C21H37IN4O2S. The number of likely N-dealkylation sites (tertiary alicyclic amines) is 1. The van der Waals surface area contributed by atoms with Gasteiger partial charge < -0.3 is 15.5 Å². The number of halogens is 1. The van der Waals surface area contributed by atoms with E-state index in [0.29, 0.717) is 17.5 Å². The Morgan fingerprint density at radius 1 is 1.28 bits per heavy atom. The van der Waals surface area contributed by atoms with Gasteiger partial charge in [0.2, 0.25) is 0 Å². The van der Waals surface area contributed by atoms with Gasteiger partial charge >= 0.3 is 0 Å². The molecule has 1 aromatic rings. The van der Waals surface area contributed by atoms with Crippen LogP contribution in [0, 0.1) is 6.92 Å². The average Bonchev–Trinajstić information content (AvgIpc) is 2.63. The second-order valence-electron chi connectivity index (χ2n) is 7.73. The van der Waals surface area contributed by atoms with Crippen LogP contribution >= 0.6 is 24.0 Å². The van der Waals surface area contributed by atoms with Gasteiger partial charge in [-0.25, -0.2) is 13.4 Å². The number of rotatable bonds is 8. The Morgan fingerprint density at radius 3 is 2.66 bits per heavy atom. The van der Waals surface area contributed by atoms with Crippen LogP contribution in [0.25, 0.3) is 0 Å². The summed E-state index contributed by atoms with van der Waals surface area (Å²) in [6.07, 6.45) is 6.33. The first-order valence-corrected chi connectivity index (χ1v) is 12.3. The SMILES string of the molecule is CCNC(=NCc1ccc(S(C)(=O)=O)c(C)c1)NCCCN1CCCCC1C.I. The van der Waals surface area contributed by atoms with Crippen molar-refractivity contribution < 1.29 is 8.42 Å². The van der Waals surface area contributed by atoms with Crippen molar-refractivity contribution >= 4 is 39.8 Å². The van der Waals surface area contributed by atoms with Crippen molar-refractivity contribution in [2.24, 2.45) is 4.99 Å². The first-order chi connectivity index (χ1) is 13.3. The molecule has 1 saturated heterocycles. The van der Waals surface area contributed by atoms with Crippen molar-refractivity contribution in [1.82, 2.24) is 15.5 Å². The summed E-state index contributed by atoms with van der Waals surface area (Å²) in [5, 5.41) is 6.69. The third kappa shape index (κ3) is 8.80. The molecule has 1 unspecified atom stereocenters. The molecule has 1 aliphatic rings. The van der Waals surface area contributed by atoms with Crippen molar-refractivity contribution in [3.8, 4) is 0 Å². The Hall–Kier alpha value is -0.870. The first-order valence-electron chi connectivity index (χ1n) is 10.4. The van der Waals surface area contributed by atoms with Gasteiger partial charge in [0, 0.05) is 31.9 Å². The lowest BCUT2D eigenvalue weighted by molar-refractivity contribution is 0.159. The van der Waals surface area contributed by atoms with Crippen LogP contribution < -0.4 is 10.6 Å². The number of nitrogens with one attached hydrogen (secondary N) is 2. The number of nitrogens with zero attached hydrogens (tertiary/aromatic N) is 2. The van der Waals surface area contributed by atoms with E-state index < -0.39 is 9.84 Å². The van der Waals surface area contributed by atoms with Gasteiger partial charge in [-0.2, -0.15) is 0 Å². The Balaban J connectivity index is 0.00000420. The summed E-state index contributed by atoms with van der Waals surface area (Å²) in [5.41, 5.74) is 1.77. The van der Waals surface area contributed by atoms with E-state index in [1.807, 2.05) is 19.1 Å². The quantitative estimate of drug-likeness (QED) is 0.231. The van der Waals surface area contributed by atoms with Crippen molar-refractivity contribution in [3.63, 3.8) is 0 Å². The van der Waals surface area contributed by atoms with Gasteiger partial charge in [-0.15, -0.1) is 24.0 Å². The fraction of sp³-hybridized carbons (Fsp3) is 0.667. The molecule has 0 amide bonds. The molecule has 2 N–H and O–H groups in total. The maximum atomic E-state index is 11.7. The van der Waals surface area contributed by atoms with Gasteiger partial charge in [-0.1, -0.05) is 18.6 Å². The predicted molar refractivity (Wildman–Crippen MR) is 132 cm³/mol. The number of aliphatic imine (C=N–C) groups is 1. The van der Waals surface area contributed by atoms with Crippen LogP contribution in [0.3, 0.4) is 0 Å². The van der Waals surface area contributed by atoms with Crippen LogP contribution in [0.1, 0.15) is 50.7 Å². The lowest BCUT2D eigenvalue weighted by Crippen LogP contribution is -2.41. The minimum Gasteiger partial charge on any atom is -0.357 e. The molecule has 0 saturated carbocycles. The summed E-state index contributed by atoms with van der Waals surface area (Å²) in [4.78, 5) is 7.62. The maximum Gasteiger partial charge on any atom is 0.191 e. The van der Waals surface area contributed by atoms with Gasteiger partial charge in [0.1, 0.15) is 0 Å². The van der Waals surface area contributed by atoms with Gasteiger partial charge in [0.05, 0.1) is 11.4 Å². The smallest absolute Gasteiger partial charge is 0.191 e. The minimum atomic E-state index is -3.18. The molecule has 0 aliphatic carbocycles. The number of sulfone groups is 1. The van der Waals surface area contributed by atoms with Crippen LogP contribution in [0.2, 0.25) is 0 Å². The minimum absolute atomic E-state index is 0. The van der Waals surface area contributed by atoms with E-state index in [0.717, 1.165) is 43.1 Å². The highest BCUT2D eigenvalue weighted by molar-refractivity contribution is 14.0. The molecule has 1 fully saturated rings. The Kier molecular flexibility index (Phi) is 11.5.